The third-order valence-electron chi connectivity index (χ3n) is 2.81. The Morgan fingerprint density at radius 3 is 2.32 bits per heavy atom. The second kappa shape index (κ2) is 5.36. The molecule has 1 aliphatic heterocycles. The zero-order valence-corrected chi connectivity index (χ0v) is 12.2. The fourth-order valence-corrected chi connectivity index (χ4v) is 1.71. The molecule has 0 aromatic heterocycles. The van der Waals surface area contributed by atoms with E-state index in [0.29, 0.717) is 13.1 Å². The average Bonchev–Trinajstić information content (AvgIpc) is 2.19. The molecule has 110 valence electrons. The molecule has 0 aromatic rings. The van der Waals surface area contributed by atoms with Crippen LogP contribution in [0, 0.1) is 5.92 Å². The van der Waals surface area contributed by atoms with Crippen LogP contribution in [0.3, 0.4) is 0 Å². The van der Waals surface area contributed by atoms with E-state index in [2.05, 4.69) is 0 Å². The van der Waals surface area contributed by atoms with E-state index in [4.69, 9.17) is 14.6 Å². The highest BCUT2D eigenvalue weighted by Gasteiger charge is 2.44. The first-order chi connectivity index (χ1) is 8.52. The maximum Gasteiger partial charge on any atom is 0.410 e. The molecule has 6 heteroatoms. The van der Waals surface area contributed by atoms with Gasteiger partial charge in [-0.25, -0.2) is 4.79 Å². The van der Waals surface area contributed by atoms with Crippen LogP contribution in [0.1, 0.15) is 34.6 Å². The molecule has 1 saturated heterocycles. The van der Waals surface area contributed by atoms with Crippen molar-refractivity contribution in [3.8, 4) is 0 Å². The highest BCUT2D eigenvalue weighted by Crippen LogP contribution is 2.27. The van der Waals surface area contributed by atoms with Crippen LogP contribution in [-0.2, 0) is 14.3 Å². The molecule has 0 radical (unpaired) electrons. The summed E-state index contributed by atoms with van der Waals surface area (Å²) in [5.41, 5.74) is -0.984. The molecule has 19 heavy (non-hydrogen) atoms. The quantitative estimate of drug-likeness (QED) is 0.844. The van der Waals surface area contributed by atoms with Crippen LogP contribution < -0.4 is 0 Å². The molecule has 1 atom stereocenters. The van der Waals surface area contributed by atoms with Crippen molar-refractivity contribution in [2.75, 3.05) is 19.7 Å². The Morgan fingerprint density at radius 1 is 1.37 bits per heavy atom. The van der Waals surface area contributed by atoms with Gasteiger partial charge in [0.05, 0.1) is 25.6 Å². The molecule has 1 N–H and O–H groups in total. The number of carbonyl (C=O) groups excluding carboxylic acids is 1. The van der Waals surface area contributed by atoms with E-state index >= 15 is 0 Å². The lowest BCUT2D eigenvalue weighted by Gasteiger charge is -2.47. The molecular formula is C13H23NO5. The van der Waals surface area contributed by atoms with E-state index in [1.165, 1.54) is 0 Å². The molecule has 1 amide bonds. The van der Waals surface area contributed by atoms with Gasteiger partial charge in [0.2, 0.25) is 0 Å². The first-order valence-corrected chi connectivity index (χ1v) is 6.37. The molecular weight excluding hydrogens is 250 g/mol. The molecule has 0 bridgehead atoms. The Balaban J connectivity index is 2.35. The van der Waals surface area contributed by atoms with Crippen molar-refractivity contribution in [2.45, 2.75) is 45.8 Å². The summed E-state index contributed by atoms with van der Waals surface area (Å²) < 4.78 is 10.8. The van der Waals surface area contributed by atoms with E-state index in [9.17, 15) is 9.59 Å². The SMILES string of the molecule is C[C@@H](COC1(C)CN(C(=O)OC(C)(C)C)C1)C(=O)O. The predicted molar refractivity (Wildman–Crippen MR) is 69.0 cm³/mol. The van der Waals surface area contributed by atoms with Crippen LogP contribution in [0.5, 0.6) is 0 Å². The number of ether oxygens (including phenoxy) is 2. The van der Waals surface area contributed by atoms with Gasteiger partial charge in [-0.2, -0.15) is 0 Å². The summed E-state index contributed by atoms with van der Waals surface area (Å²) in [5.74, 6) is -1.43. The fraction of sp³-hybridized carbons (Fsp3) is 0.846. The van der Waals surface area contributed by atoms with Gasteiger partial charge < -0.3 is 19.5 Å². The molecule has 0 spiro atoms. The second-order valence-electron chi connectivity index (χ2n) is 6.34. The lowest BCUT2D eigenvalue weighted by Crippen LogP contribution is -2.64. The molecule has 1 fully saturated rings. The van der Waals surface area contributed by atoms with Crippen molar-refractivity contribution >= 4 is 12.1 Å². The highest BCUT2D eigenvalue weighted by atomic mass is 16.6. The number of carboxylic acids is 1. The van der Waals surface area contributed by atoms with Crippen LogP contribution in [0.4, 0.5) is 4.79 Å². The van der Waals surface area contributed by atoms with Crippen molar-refractivity contribution < 1.29 is 24.2 Å². The van der Waals surface area contributed by atoms with E-state index in [0.717, 1.165) is 0 Å². The van der Waals surface area contributed by atoms with Crippen LogP contribution in [0.15, 0.2) is 0 Å². The number of carboxylic acid groups (broad SMARTS) is 1. The third-order valence-corrected chi connectivity index (χ3v) is 2.81. The van der Waals surface area contributed by atoms with Crippen LogP contribution in [0.2, 0.25) is 0 Å². The van der Waals surface area contributed by atoms with Gasteiger partial charge in [-0.1, -0.05) is 0 Å². The Hall–Kier alpha value is -1.30. The Bertz CT molecular complexity index is 355. The Morgan fingerprint density at radius 2 is 1.89 bits per heavy atom. The summed E-state index contributed by atoms with van der Waals surface area (Å²) in [7, 11) is 0. The maximum atomic E-state index is 11.7. The summed E-state index contributed by atoms with van der Waals surface area (Å²) in [6.07, 6.45) is -0.361. The van der Waals surface area contributed by atoms with E-state index in [-0.39, 0.29) is 12.7 Å². The molecule has 0 aliphatic carbocycles. The number of rotatable bonds is 4. The number of aliphatic carboxylic acids is 1. The lowest BCUT2D eigenvalue weighted by atomic mass is 9.97. The van der Waals surface area contributed by atoms with Gasteiger partial charge in [-0.3, -0.25) is 4.79 Å². The number of nitrogens with zero attached hydrogens (tertiary/aromatic N) is 1. The van der Waals surface area contributed by atoms with Crippen molar-refractivity contribution in [2.24, 2.45) is 5.92 Å². The van der Waals surface area contributed by atoms with Crippen molar-refractivity contribution in [1.29, 1.82) is 0 Å². The fourth-order valence-electron chi connectivity index (χ4n) is 1.71. The van der Waals surface area contributed by atoms with Gasteiger partial charge in [0.1, 0.15) is 11.2 Å². The van der Waals surface area contributed by atoms with Crippen LogP contribution in [0.25, 0.3) is 0 Å². The van der Waals surface area contributed by atoms with Crippen molar-refractivity contribution in [3.63, 3.8) is 0 Å². The second-order valence-corrected chi connectivity index (χ2v) is 6.34. The van der Waals surface area contributed by atoms with Crippen molar-refractivity contribution in [3.05, 3.63) is 0 Å². The number of carbonyl (C=O) groups is 2. The molecule has 1 rings (SSSR count). The highest BCUT2D eigenvalue weighted by molar-refractivity contribution is 5.70. The van der Waals surface area contributed by atoms with Crippen LogP contribution in [-0.4, -0.2) is 53.0 Å². The summed E-state index contributed by atoms with van der Waals surface area (Å²) in [5, 5.41) is 8.77. The zero-order valence-electron chi connectivity index (χ0n) is 12.2. The molecule has 1 aliphatic rings. The van der Waals surface area contributed by atoms with Crippen LogP contribution >= 0.6 is 0 Å². The first kappa shape index (κ1) is 15.8. The summed E-state index contributed by atoms with van der Waals surface area (Å²) in [6, 6.07) is 0. The summed E-state index contributed by atoms with van der Waals surface area (Å²) in [6.45, 7) is 9.90. The molecule has 6 nitrogen and oxygen atoms in total. The Labute approximate surface area is 113 Å². The van der Waals surface area contributed by atoms with E-state index < -0.39 is 23.1 Å². The molecule has 0 aromatic carbocycles. The monoisotopic (exact) mass is 273 g/mol. The Kier molecular flexibility index (Phi) is 4.45. The normalized spacial score (nSPS) is 19.5. The van der Waals surface area contributed by atoms with E-state index in [1.807, 2.05) is 27.7 Å². The average molecular weight is 273 g/mol. The maximum absolute atomic E-state index is 11.7. The minimum Gasteiger partial charge on any atom is -0.481 e. The minimum absolute atomic E-state index is 0.147. The van der Waals surface area contributed by atoms with Crippen molar-refractivity contribution in [1.82, 2.24) is 4.90 Å². The summed E-state index contributed by atoms with van der Waals surface area (Å²) >= 11 is 0. The number of hydrogen-bond donors (Lipinski definition) is 1. The van der Waals surface area contributed by atoms with Gasteiger partial charge in [0.15, 0.2) is 0 Å². The lowest BCUT2D eigenvalue weighted by molar-refractivity contribution is -0.156. The number of hydrogen-bond acceptors (Lipinski definition) is 4. The first-order valence-electron chi connectivity index (χ1n) is 6.37. The zero-order chi connectivity index (χ0) is 14.8. The smallest absolute Gasteiger partial charge is 0.410 e. The standard InChI is InChI=1S/C13H23NO5/c1-9(10(15)16)6-18-13(5)7-14(8-13)11(17)19-12(2,3)4/h9H,6-8H2,1-5H3,(H,15,16)/t9-/m0/s1. The van der Waals surface area contributed by atoms with Gasteiger partial charge in [0.25, 0.3) is 0 Å². The van der Waals surface area contributed by atoms with Gasteiger partial charge >= 0.3 is 12.1 Å². The number of amides is 1. The summed E-state index contributed by atoms with van der Waals surface area (Å²) in [4.78, 5) is 24.0. The molecule has 0 saturated carbocycles. The number of likely N-dealkylation sites (tertiary alicyclic amines) is 1. The predicted octanol–water partition coefficient (Wildman–Crippen LogP) is 1.73. The van der Waals surface area contributed by atoms with E-state index in [1.54, 1.807) is 11.8 Å². The van der Waals surface area contributed by atoms with Gasteiger partial charge in [0, 0.05) is 0 Å². The largest absolute Gasteiger partial charge is 0.481 e. The van der Waals surface area contributed by atoms with Gasteiger partial charge in [-0.05, 0) is 34.6 Å². The minimum atomic E-state index is -0.882. The molecule has 1 heterocycles. The molecule has 0 unspecified atom stereocenters. The van der Waals surface area contributed by atoms with Gasteiger partial charge in [-0.15, -0.1) is 0 Å². The third kappa shape index (κ3) is 4.70. The topological polar surface area (TPSA) is 76.1 Å².